The van der Waals surface area contributed by atoms with E-state index in [0.29, 0.717) is 0 Å². The van der Waals surface area contributed by atoms with Gasteiger partial charge in [0.15, 0.2) is 5.96 Å². The molecule has 0 atom stereocenters. The van der Waals surface area contributed by atoms with Crippen LogP contribution >= 0.6 is 0 Å². The van der Waals surface area contributed by atoms with Crippen molar-refractivity contribution >= 4 is 11.6 Å². The molecule has 28 heavy (non-hydrogen) atoms. The van der Waals surface area contributed by atoms with Crippen LogP contribution in [-0.2, 0) is 17.7 Å². The molecule has 2 aromatic rings. The average Bonchev–Trinajstić information content (AvgIpc) is 2.71. The Bertz CT molecular complexity index is 759. The molecule has 0 spiro atoms. The van der Waals surface area contributed by atoms with Crippen LogP contribution in [-0.4, -0.2) is 45.9 Å². The number of morpholine rings is 1. The Morgan fingerprint density at radius 1 is 0.964 bits per heavy atom. The van der Waals surface area contributed by atoms with Gasteiger partial charge in [-0.15, -0.1) is 0 Å². The van der Waals surface area contributed by atoms with E-state index in [1.54, 1.807) is 0 Å². The van der Waals surface area contributed by atoms with E-state index in [4.69, 9.17) is 4.74 Å². The van der Waals surface area contributed by atoms with Gasteiger partial charge in [-0.2, -0.15) is 0 Å². The molecule has 5 heteroatoms. The summed E-state index contributed by atoms with van der Waals surface area (Å²) in [5.41, 5.74) is 6.51. The zero-order valence-electron chi connectivity index (χ0n) is 17.3. The molecule has 1 aliphatic rings. The Labute approximate surface area is 168 Å². The molecule has 3 rings (SSSR count). The lowest BCUT2D eigenvalue weighted by molar-refractivity contribution is 0.122. The number of aliphatic imine (C=N–C) groups is 1. The molecule has 0 bridgehead atoms. The van der Waals surface area contributed by atoms with Crippen molar-refractivity contribution in [2.24, 2.45) is 4.99 Å². The summed E-state index contributed by atoms with van der Waals surface area (Å²) in [6, 6.07) is 15.5. The lowest BCUT2D eigenvalue weighted by atomic mass is 10.1. The van der Waals surface area contributed by atoms with Gasteiger partial charge >= 0.3 is 0 Å². The van der Waals surface area contributed by atoms with Crippen LogP contribution in [0.3, 0.4) is 0 Å². The number of nitrogens with one attached hydrogen (secondary N) is 2. The summed E-state index contributed by atoms with van der Waals surface area (Å²) < 4.78 is 5.42. The highest BCUT2D eigenvalue weighted by molar-refractivity contribution is 5.79. The van der Waals surface area contributed by atoms with Gasteiger partial charge in [0, 0.05) is 38.9 Å². The average molecular weight is 381 g/mol. The molecule has 0 saturated carbocycles. The number of anilines is 1. The smallest absolute Gasteiger partial charge is 0.191 e. The third-order valence-electron chi connectivity index (χ3n) is 4.98. The number of guanidine groups is 1. The van der Waals surface area contributed by atoms with Gasteiger partial charge in [0.05, 0.1) is 13.2 Å². The Morgan fingerprint density at radius 2 is 1.64 bits per heavy atom. The van der Waals surface area contributed by atoms with E-state index in [2.05, 4.69) is 76.8 Å². The maximum atomic E-state index is 5.42. The fraction of sp³-hybridized carbons (Fsp3) is 0.435. The zero-order chi connectivity index (χ0) is 19.8. The Hall–Kier alpha value is -2.53. The Balaban J connectivity index is 1.44. The second-order valence-electron chi connectivity index (χ2n) is 7.36. The third kappa shape index (κ3) is 5.99. The summed E-state index contributed by atoms with van der Waals surface area (Å²) in [7, 11) is 1.81. The van der Waals surface area contributed by atoms with Crippen molar-refractivity contribution in [2.45, 2.75) is 26.8 Å². The minimum atomic E-state index is 0.757. The molecule has 0 aliphatic carbocycles. The van der Waals surface area contributed by atoms with Gasteiger partial charge in [0.2, 0.25) is 0 Å². The van der Waals surface area contributed by atoms with Gasteiger partial charge in [0.25, 0.3) is 0 Å². The third-order valence-corrected chi connectivity index (χ3v) is 4.98. The summed E-state index contributed by atoms with van der Waals surface area (Å²) >= 11 is 0. The number of benzene rings is 2. The molecule has 150 valence electrons. The van der Waals surface area contributed by atoms with Crippen LogP contribution in [0, 0.1) is 13.8 Å². The molecule has 1 saturated heterocycles. The maximum Gasteiger partial charge on any atom is 0.191 e. The van der Waals surface area contributed by atoms with Crippen molar-refractivity contribution in [3.63, 3.8) is 0 Å². The first-order valence-corrected chi connectivity index (χ1v) is 10.1. The van der Waals surface area contributed by atoms with Crippen molar-refractivity contribution in [1.82, 2.24) is 10.6 Å². The molecule has 0 amide bonds. The molecule has 1 heterocycles. The lowest BCUT2D eigenvalue weighted by Crippen LogP contribution is -2.38. The zero-order valence-corrected chi connectivity index (χ0v) is 17.3. The van der Waals surface area contributed by atoms with Crippen molar-refractivity contribution in [3.05, 3.63) is 64.7 Å². The predicted molar refractivity (Wildman–Crippen MR) is 117 cm³/mol. The van der Waals surface area contributed by atoms with Gasteiger partial charge in [-0.25, -0.2) is 0 Å². The van der Waals surface area contributed by atoms with Crippen LogP contribution in [0.2, 0.25) is 0 Å². The fourth-order valence-electron chi connectivity index (χ4n) is 3.59. The number of ether oxygens (including phenoxy) is 1. The highest BCUT2D eigenvalue weighted by atomic mass is 16.5. The van der Waals surface area contributed by atoms with Gasteiger partial charge < -0.3 is 20.3 Å². The van der Waals surface area contributed by atoms with Gasteiger partial charge in [0.1, 0.15) is 0 Å². The maximum absolute atomic E-state index is 5.42. The normalized spacial score (nSPS) is 14.8. The molecule has 1 aliphatic heterocycles. The Morgan fingerprint density at radius 3 is 2.29 bits per heavy atom. The molecule has 2 aromatic carbocycles. The first kappa shape index (κ1) is 20.2. The second-order valence-corrected chi connectivity index (χ2v) is 7.36. The highest BCUT2D eigenvalue weighted by Crippen LogP contribution is 2.16. The minimum Gasteiger partial charge on any atom is -0.378 e. The summed E-state index contributed by atoms with van der Waals surface area (Å²) in [4.78, 5) is 6.70. The number of nitrogens with zero attached hydrogens (tertiary/aromatic N) is 2. The van der Waals surface area contributed by atoms with E-state index >= 15 is 0 Å². The van der Waals surface area contributed by atoms with E-state index in [9.17, 15) is 0 Å². The number of hydrogen-bond acceptors (Lipinski definition) is 3. The highest BCUT2D eigenvalue weighted by Gasteiger charge is 2.10. The van der Waals surface area contributed by atoms with Gasteiger partial charge in [-0.3, -0.25) is 4.99 Å². The van der Waals surface area contributed by atoms with Gasteiger partial charge in [-0.1, -0.05) is 41.5 Å². The van der Waals surface area contributed by atoms with Crippen LogP contribution in [0.4, 0.5) is 5.69 Å². The first-order valence-electron chi connectivity index (χ1n) is 10.1. The summed E-state index contributed by atoms with van der Waals surface area (Å²) in [6.45, 7) is 9.47. The lowest BCUT2D eigenvalue weighted by Gasteiger charge is -2.28. The van der Waals surface area contributed by atoms with E-state index in [-0.39, 0.29) is 0 Å². The summed E-state index contributed by atoms with van der Waals surface area (Å²) in [6.07, 6.45) is 0.984. The molecule has 5 nitrogen and oxygen atoms in total. The van der Waals surface area contributed by atoms with E-state index in [1.165, 1.54) is 27.9 Å². The molecule has 0 unspecified atom stereocenters. The van der Waals surface area contributed by atoms with E-state index < -0.39 is 0 Å². The molecule has 0 aromatic heterocycles. The van der Waals surface area contributed by atoms with Crippen LogP contribution in [0.15, 0.2) is 47.5 Å². The quantitative estimate of drug-likeness (QED) is 0.597. The summed E-state index contributed by atoms with van der Waals surface area (Å²) in [5, 5.41) is 6.81. The monoisotopic (exact) mass is 380 g/mol. The SMILES string of the molecule is CN=C(NCCc1cc(C)cc(C)c1)NCc1ccc(N2CCOCC2)cc1. The van der Waals surface area contributed by atoms with Crippen molar-refractivity contribution in [1.29, 1.82) is 0 Å². The van der Waals surface area contributed by atoms with Crippen molar-refractivity contribution < 1.29 is 4.74 Å². The standard InChI is InChI=1S/C23H32N4O/c1-18-14-19(2)16-21(15-18)8-9-25-23(24-3)26-17-20-4-6-22(7-5-20)27-10-12-28-13-11-27/h4-7,14-16H,8-13,17H2,1-3H3,(H2,24,25,26). The number of rotatable bonds is 6. The molecular weight excluding hydrogens is 348 g/mol. The van der Waals surface area contributed by atoms with Crippen LogP contribution in [0.1, 0.15) is 22.3 Å². The largest absolute Gasteiger partial charge is 0.378 e. The fourth-order valence-corrected chi connectivity index (χ4v) is 3.59. The van der Waals surface area contributed by atoms with Crippen molar-refractivity contribution in [2.75, 3.05) is 44.8 Å². The minimum absolute atomic E-state index is 0.757. The topological polar surface area (TPSA) is 48.9 Å². The predicted octanol–water partition coefficient (Wildman–Crippen LogP) is 3.05. The second kappa shape index (κ2) is 10.1. The van der Waals surface area contributed by atoms with Crippen LogP contribution < -0.4 is 15.5 Å². The first-order chi connectivity index (χ1) is 13.6. The molecule has 2 N–H and O–H groups in total. The molecular formula is C23H32N4O. The van der Waals surface area contributed by atoms with Crippen LogP contribution in [0.25, 0.3) is 0 Å². The Kier molecular flexibility index (Phi) is 7.31. The van der Waals surface area contributed by atoms with E-state index in [1.807, 2.05) is 7.05 Å². The number of hydrogen-bond donors (Lipinski definition) is 2. The van der Waals surface area contributed by atoms with Crippen molar-refractivity contribution in [3.8, 4) is 0 Å². The molecule has 1 fully saturated rings. The van der Waals surface area contributed by atoms with Gasteiger partial charge in [-0.05, 0) is 43.5 Å². The molecule has 0 radical (unpaired) electrons. The van der Waals surface area contributed by atoms with Crippen LogP contribution in [0.5, 0.6) is 0 Å². The summed E-state index contributed by atoms with van der Waals surface area (Å²) in [5.74, 6) is 0.835. The van der Waals surface area contributed by atoms with E-state index in [0.717, 1.165) is 51.8 Å². The number of aryl methyl sites for hydroxylation is 2.